The first-order valence-corrected chi connectivity index (χ1v) is 6.54. The number of hydrogen-bond acceptors (Lipinski definition) is 2. The van der Waals surface area contributed by atoms with E-state index in [4.69, 9.17) is 0 Å². The lowest BCUT2D eigenvalue weighted by Crippen LogP contribution is -2.29. The van der Waals surface area contributed by atoms with Gasteiger partial charge < -0.3 is 9.88 Å². The normalized spacial score (nSPS) is 12.8. The summed E-state index contributed by atoms with van der Waals surface area (Å²) in [6.45, 7) is 5.97. The zero-order valence-corrected chi connectivity index (χ0v) is 11.0. The van der Waals surface area contributed by atoms with Crippen molar-refractivity contribution in [2.45, 2.75) is 32.9 Å². The number of fused-ring (bicyclic) bond motifs is 1. The molecule has 1 heterocycles. The van der Waals surface area contributed by atoms with E-state index in [2.05, 4.69) is 19.2 Å². The van der Waals surface area contributed by atoms with Crippen molar-refractivity contribution < 1.29 is 0 Å². The van der Waals surface area contributed by atoms with Crippen LogP contribution < -0.4 is 10.9 Å². The quantitative estimate of drug-likeness (QED) is 0.876. The smallest absolute Gasteiger partial charge is 0.258 e. The minimum atomic E-state index is 0.108. The minimum absolute atomic E-state index is 0.108. The highest BCUT2D eigenvalue weighted by atomic mass is 16.1. The van der Waals surface area contributed by atoms with Gasteiger partial charge in [0.25, 0.3) is 5.56 Å². The molecule has 0 aliphatic rings. The van der Waals surface area contributed by atoms with Gasteiger partial charge in [0.2, 0.25) is 0 Å². The van der Waals surface area contributed by atoms with Crippen LogP contribution in [-0.4, -0.2) is 17.2 Å². The van der Waals surface area contributed by atoms with Crippen LogP contribution >= 0.6 is 0 Å². The molecular weight excluding hydrogens is 224 g/mol. The van der Waals surface area contributed by atoms with Crippen LogP contribution in [0.1, 0.15) is 20.3 Å². The monoisotopic (exact) mass is 244 g/mol. The van der Waals surface area contributed by atoms with Crippen molar-refractivity contribution in [1.29, 1.82) is 0 Å². The zero-order valence-electron chi connectivity index (χ0n) is 11.0. The van der Waals surface area contributed by atoms with Crippen molar-refractivity contribution in [3.05, 3.63) is 46.9 Å². The Morgan fingerprint density at radius 2 is 2.06 bits per heavy atom. The molecule has 1 aromatic carbocycles. The fourth-order valence-corrected chi connectivity index (χ4v) is 2.19. The van der Waals surface area contributed by atoms with Gasteiger partial charge in [0.1, 0.15) is 0 Å². The lowest BCUT2D eigenvalue weighted by molar-refractivity contribution is 0.483. The third kappa shape index (κ3) is 2.79. The maximum atomic E-state index is 12.2. The van der Waals surface area contributed by atoms with Gasteiger partial charge in [-0.25, -0.2) is 0 Å². The third-order valence-corrected chi connectivity index (χ3v) is 3.24. The van der Waals surface area contributed by atoms with E-state index in [-0.39, 0.29) is 5.56 Å². The molecule has 0 radical (unpaired) electrons. The van der Waals surface area contributed by atoms with E-state index in [9.17, 15) is 4.79 Å². The van der Waals surface area contributed by atoms with Gasteiger partial charge in [0.15, 0.2) is 0 Å². The number of nitrogens with zero attached hydrogens (tertiary/aromatic N) is 1. The Morgan fingerprint density at radius 1 is 1.28 bits per heavy atom. The summed E-state index contributed by atoms with van der Waals surface area (Å²) < 4.78 is 1.80. The Kier molecular flexibility index (Phi) is 4.15. The molecule has 3 nitrogen and oxygen atoms in total. The number of pyridine rings is 1. The Hall–Kier alpha value is -1.61. The minimum Gasteiger partial charge on any atom is -0.315 e. The Balaban J connectivity index is 2.19. The van der Waals surface area contributed by atoms with E-state index in [0.29, 0.717) is 6.04 Å². The van der Waals surface area contributed by atoms with Gasteiger partial charge in [-0.2, -0.15) is 0 Å². The molecule has 0 aliphatic carbocycles. The standard InChI is InChI=1S/C15H20N2O/c1-3-16-12(2)8-10-17-11-9-13-6-4-5-7-14(13)15(17)18/h4-7,9,11-12,16H,3,8,10H2,1-2H3. The van der Waals surface area contributed by atoms with Crippen molar-refractivity contribution in [3.8, 4) is 0 Å². The van der Waals surface area contributed by atoms with Crippen molar-refractivity contribution in [2.75, 3.05) is 6.54 Å². The highest BCUT2D eigenvalue weighted by Crippen LogP contribution is 2.08. The number of rotatable bonds is 5. The van der Waals surface area contributed by atoms with Crippen LogP contribution in [-0.2, 0) is 6.54 Å². The predicted molar refractivity (Wildman–Crippen MR) is 76.0 cm³/mol. The van der Waals surface area contributed by atoms with Gasteiger partial charge in [-0.05, 0) is 37.4 Å². The van der Waals surface area contributed by atoms with Crippen LogP contribution in [0.5, 0.6) is 0 Å². The van der Waals surface area contributed by atoms with E-state index in [1.807, 2.05) is 36.5 Å². The van der Waals surface area contributed by atoms with E-state index < -0.39 is 0 Å². The average molecular weight is 244 g/mol. The third-order valence-electron chi connectivity index (χ3n) is 3.24. The van der Waals surface area contributed by atoms with Gasteiger partial charge >= 0.3 is 0 Å². The molecule has 0 saturated carbocycles. The van der Waals surface area contributed by atoms with E-state index in [1.165, 1.54) is 0 Å². The molecule has 2 aromatic rings. The second-order valence-electron chi connectivity index (χ2n) is 4.65. The Morgan fingerprint density at radius 3 is 2.83 bits per heavy atom. The first-order chi connectivity index (χ1) is 8.72. The lowest BCUT2D eigenvalue weighted by Gasteiger charge is -2.13. The summed E-state index contributed by atoms with van der Waals surface area (Å²) in [7, 11) is 0. The molecule has 2 rings (SSSR count). The summed E-state index contributed by atoms with van der Waals surface area (Å²) in [6.07, 6.45) is 2.86. The van der Waals surface area contributed by atoms with Crippen LogP contribution in [0.2, 0.25) is 0 Å². The lowest BCUT2D eigenvalue weighted by atomic mass is 10.1. The van der Waals surface area contributed by atoms with Crippen molar-refractivity contribution in [2.24, 2.45) is 0 Å². The largest absolute Gasteiger partial charge is 0.315 e. The molecule has 0 saturated heterocycles. The second-order valence-corrected chi connectivity index (χ2v) is 4.65. The number of nitrogens with one attached hydrogen (secondary N) is 1. The van der Waals surface area contributed by atoms with Gasteiger partial charge in [-0.1, -0.05) is 25.1 Å². The number of hydrogen-bond donors (Lipinski definition) is 1. The second kappa shape index (κ2) is 5.83. The van der Waals surface area contributed by atoms with Crippen LogP contribution in [0.25, 0.3) is 10.8 Å². The summed E-state index contributed by atoms with van der Waals surface area (Å²) in [5.41, 5.74) is 0.108. The molecule has 0 fully saturated rings. The molecule has 1 atom stereocenters. The van der Waals surface area contributed by atoms with E-state index in [1.54, 1.807) is 4.57 Å². The highest BCUT2D eigenvalue weighted by molar-refractivity contribution is 5.81. The van der Waals surface area contributed by atoms with Gasteiger partial charge in [-0.3, -0.25) is 4.79 Å². The van der Waals surface area contributed by atoms with Crippen LogP contribution in [0.3, 0.4) is 0 Å². The van der Waals surface area contributed by atoms with Crippen molar-refractivity contribution >= 4 is 10.8 Å². The first-order valence-electron chi connectivity index (χ1n) is 6.54. The summed E-state index contributed by atoms with van der Waals surface area (Å²) in [4.78, 5) is 12.2. The average Bonchev–Trinajstić information content (AvgIpc) is 2.39. The van der Waals surface area contributed by atoms with Crippen LogP contribution in [0.4, 0.5) is 0 Å². The molecule has 1 N–H and O–H groups in total. The fourth-order valence-electron chi connectivity index (χ4n) is 2.19. The maximum absolute atomic E-state index is 12.2. The molecule has 96 valence electrons. The van der Waals surface area contributed by atoms with Crippen molar-refractivity contribution in [3.63, 3.8) is 0 Å². The molecule has 1 unspecified atom stereocenters. The molecular formula is C15H20N2O. The molecule has 3 heteroatoms. The molecule has 0 amide bonds. The molecule has 1 aromatic heterocycles. The van der Waals surface area contributed by atoms with Gasteiger partial charge in [0.05, 0.1) is 0 Å². The fraction of sp³-hybridized carbons (Fsp3) is 0.400. The highest BCUT2D eigenvalue weighted by Gasteiger charge is 2.04. The van der Waals surface area contributed by atoms with Crippen molar-refractivity contribution in [1.82, 2.24) is 9.88 Å². The van der Waals surface area contributed by atoms with Crippen LogP contribution in [0.15, 0.2) is 41.3 Å². The molecule has 18 heavy (non-hydrogen) atoms. The Labute approximate surface area is 107 Å². The maximum Gasteiger partial charge on any atom is 0.258 e. The topological polar surface area (TPSA) is 34.0 Å². The summed E-state index contributed by atoms with van der Waals surface area (Å²) in [5.74, 6) is 0. The van der Waals surface area contributed by atoms with E-state index >= 15 is 0 Å². The summed E-state index contributed by atoms with van der Waals surface area (Å²) >= 11 is 0. The number of aromatic nitrogens is 1. The van der Waals surface area contributed by atoms with Gasteiger partial charge in [0, 0.05) is 24.2 Å². The number of aryl methyl sites for hydroxylation is 1. The predicted octanol–water partition coefficient (Wildman–Crippen LogP) is 2.39. The molecule has 0 aliphatic heterocycles. The van der Waals surface area contributed by atoms with E-state index in [0.717, 1.165) is 30.3 Å². The SMILES string of the molecule is CCNC(C)CCn1ccc2ccccc2c1=O. The number of benzene rings is 1. The Bertz CT molecular complexity index is 574. The summed E-state index contributed by atoms with van der Waals surface area (Å²) in [6, 6.07) is 10.2. The molecule has 0 bridgehead atoms. The van der Waals surface area contributed by atoms with Crippen LogP contribution in [0, 0.1) is 0 Å². The zero-order chi connectivity index (χ0) is 13.0. The summed E-state index contributed by atoms with van der Waals surface area (Å²) in [5, 5.41) is 5.17. The molecule has 0 spiro atoms. The first kappa shape index (κ1) is 12.8. The van der Waals surface area contributed by atoms with Gasteiger partial charge in [-0.15, -0.1) is 0 Å².